The number of nitrogens with zero attached hydrogens (tertiary/aromatic N) is 1. The monoisotopic (exact) mass is 384 g/mol. The Morgan fingerprint density at radius 1 is 1.19 bits per heavy atom. The van der Waals surface area contributed by atoms with Gasteiger partial charge in [0.1, 0.15) is 11.4 Å². The maximum atomic E-state index is 13.0. The first kappa shape index (κ1) is 19.4. The molecule has 27 heavy (non-hydrogen) atoms. The van der Waals surface area contributed by atoms with Crippen LogP contribution in [0.5, 0.6) is 5.75 Å². The molecule has 0 aliphatic carbocycles. The molecule has 3 rings (SSSR count). The van der Waals surface area contributed by atoms with Crippen LogP contribution in [0.2, 0.25) is 0 Å². The molecule has 2 aromatic carbocycles. The molecule has 1 aliphatic rings. The van der Waals surface area contributed by atoms with Crippen LogP contribution in [0, 0.1) is 12.5 Å². The summed E-state index contributed by atoms with van der Waals surface area (Å²) >= 11 is 0. The van der Waals surface area contributed by atoms with E-state index in [1.54, 1.807) is 30.3 Å². The van der Waals surface area contributed by atoms with Gasteiger partial charge in [-0.1, -0.05) is 32.0 Å². The number of fused-ring (bicyclic) bond motifs is 1. The van der Waals surface area contributed by atoms with E-state index in [1.165, 1.54) is 0 Å². The van der Waals surface area contributed by atoms with Crippen molar-refractivity contribution in [1.29, 1.82) is 0 Å². The van der Waals surface area contributed by atoms with E-state index < -0.39 is 21.7 Å². The van der Waals surface area contributed by atoms with Gasteiger partial charge < -0.3 is 4.74 Å². The average molecular weight is 385 g/mol. The van der Waals surface area contributed by atoms with Gasteiger partial charge in [-0.15, -0.1) is 0 Å². The molecule has 0 saturated carbocycles. The van der Waals surface area contributed by atoms with Crippen LogP contribution in [0.3, 0.4) is 0 Å². The van der Waals surface area contributed by atoms with Gasteiger partial charge in [-0.3, -0.25) is 0 Å². The highest BCUT2D eigenvalue weighted by molar-refractivity contribution is 7.89. The van der Waals surface area contributed by atoms with E-state index in [0.29, 0.717) is 17.0 Å². The standard InChI is InChI=1S/C21H24N2O3S/c1-6-15-7-10-17(11-8-15)27(24,25)23-20-14(2)21(3,4)26-19-12-9-16(22-5)13-18(19)20/h7-14,20,23H,6H2,1-4H3/t14-,20+/m1/s1. The Bertz CT molecular complexity index is 989. The van der Waals surface area contributed by atoms with E-state index in [-0.39, 0.29) is 10.8 Å². The first-order valence-corrected chi connectivity index (χ1v) is 10.5. The van der Waals surface area contributed by atoms with Crippen LogP contribution >= 0.6 is 0 Å². The van der Waals surface area contributed by atoms with Crippen molar-refractivity contribution in [3.8, 4) is 5.75 Å². The largest absolute Gasteiger partial charge is 0.487 e. The van der Waals surface area contributed by atoms with Crippen molar-refractivity contribution < 1.29 is 13.2 Å². The summed E-state index contributed by atoms with van der Waals surface area (Å²) in [5, 5.41) is 0. The minimum Gasteiger partial charge on any atom is -0.487 e. The van der Waals surface area contributed by atoms with Gasteiger partial charge in [0.05, 0.1) is 17.5 Å². The molecule has 0 aromatic heterocycles. The van der Waals surface area contributed by atoms with Crippen LogP contribution in [0.1, 0.15) is 44.9 Å². The number of rotatable bonds is 4. The van der Waals surface area contributed by atoms with E-state index in [0.717, 1.165) is 12.0 Å². The average Bonchev–Trinajstić information content (AvgIpc) is 2.65. The lowest BCUT2D eigenvalue weighted by Crippen LogP contribution is -2.48. The summed E-state index contributed by atoms with van der Waals surface area (Å²) in [6.45, 7) is 15.1. The Morgan fingerprint density at radius 3 is 2.44 bits per heavy atom. The molecule has 1 aliphatic heterocycles. The van der Waals surface area contributed by atoms with Gasteiger partial charge in [0.25, 0.3) is 0 Å². The van der Waals surface area contributed by atoms with Gasteiger partial charge in [-0.25, -0.2) is 18.0 Å². The molecular formula is C21H24N2O3S. The summed E-state index contributed by atoms with van der Waals surface area (Å²) in [4.78, 5) is 3.70. The van der Waals surface area contributed by atoms with Gasteiger partial charge in [-0.05, 0) is 50.1 Å². The van der Waals surface area contributed by atoms with Crippen LogP contribution in [-0.4, -0.2) is 14.0 Å². The highest BCUT2D eigenvalue weighted by Crippen LogP contribution is 2.45. The first-order chi connectivity index (χ1) is 12.7. The smallest absolute Gasteiger partial charge is 0.241 e. The molecule has 0 amide bonds. The highest BCUT2D eigenvalue weighted by atomic mass is 32.2. The molecular weight excluding hydrogens is 360 g/mol. The zero-order chi connectivity index (χ0) is 19.8. The third-order valence-corrected chi connectivity index (χ3v) is 6.81. The Balaban J connectivity index is 2.02. The summed E-state index contributed by atoms with van der Waals surface area (Å²) < 4.78 is 34.9. The zero-order valence-electron chi connectivity index (χ0n) is 16.0. The quantitative estimate of drug-likeness (QED) is 0.782. The predicted molar refractivity (Wildman–Crippen MR) is 105 cm³/mol. The van der Waals surface area contributed by atoms with Crippen molar-refractivity contribution in [3.63, 3.8) is 0 Å². The maximum Gasteiger partial charge on any atom is 0.241 e. The lowest BCUT2D eigenvalue weighted by molar-refractivity contribution is 0.0168. The lowest BCUT2D eigenvalue weighted by Gasteiger charge is -2.43. The van der Waals surface area contributed by atoms with Crippen molar-refractivity contribution in [2.75, 3.05) is 0 Å². The molecule has 6 heteroatoms. The predicted octanol–water partition coefficient (Wildman–Crippen LogP) is 4.63. The second-order valence-electron chi connectivity index (χ2n) is 7.42. The van der Waals surface area contributed by atoms with Gasteiger partial charge in [0.2, 0.25) is 10.0 Å². The van der Waals surface area contributed by atoms with Gasteiger partial charge in [0.15, 0.2) is 5.69 Å². The van der Waals surface area contributed by atoms with Gasteiger partial charge in [-0.2, -0.15) is 0 Å². The topological polar surface area (TPSA) is 59.8 Å². The van der Waals surface area contributed by atoms with Crippen LogP contribution < -0.4 is 9.46 Å². The molecule has 2 atom stereocenters. The van der Waals surface area contributed by atoms with Crippen molar-refractivity contribution in [2.45, 2.75) is 50.7 Å². The Morgan fingerprint density at radius 2 is 1.85 bits per heavy atom. The molecule has 0 bridgehead atoms. The fraction of sp³-hybridized carbons (Fsp3) is 0.381. The molecule has 142 valence electrons. The fourth-order valence-corrected chi connectivity index (χ4v) is 4.59. The van der Waals surface area contributed by atoms with E-state index in [9.17, 15) is 8.42 Å². The van der Waals surface area contributed by atoms with Crippen molar-refractivity contribution >= 4 is 15.7 Å². The van der Waals surface area contributed by atoms with Crippen LogP contribution in [-0.2, 0) is 16.4 Å². The van der Waals surface area contributed by atoms with Gasteiger partial charge >= 0.3 is 0 Å². The van der Waals surface area contributed by atoms with Gasteiger partial charge in [0, 0.05) is 11.5 Å². The second-order valence-corrected chi connectivity index (χ2v) is 9.14. The van der Waals surface area contributed by atoms with E-state index >= 15 is 0 Å². The third-order valence-electron chi connectivity index (χ3n) is 5.35. The second kappa shape index (κ2) is 6.99. The van der Waals surface area contributed by atoms with Crippen molar-refractivity contribution in [2.24, 2.45) is 5.92 Å². The Hall–Kier alpha value is -2.36. The SMILES string of the molecule is [C-]#[N+]c1ccc2c(c1)[C@@H](NS(=O)(=O)c1ccc(CC)cc1)[C@@H](C)C(C)(C)O2. The number of sulfonamides is 1. The number of hydrogen-bond donors (Lipinski definition) is 1. The molecule has 1 N–H and O–H groups in total. The Kier molecular flexibility index (Phi) is 5.02. The van der Waals surface area contributed by atoms with Crippen LogP contribution in [0.15, 0.2) is 47.4 Å². The van der Waals surface area contributed by atoms with Crippen molar-refractivity contribution in [1.82, 2.24) is 4.72 Å². The summed E-state index contributed by atoms with van der Waals surface area (Å²) in [7, 11) is -3.71. The zero-order valence-corrected chi connectivity index (χ0v) is 16.8. The molecule has 0 radical (unpaired) electrons. The van der Waals surface area contributed by atoms with E-state index in [2.05, 4.69) is 9.57 Å². The molecule has 5 nitrogen and oxygen atoms in total. The maximum absolute atomic E-state index is 13.0. The van der Waals surface area contributed by atoms with Crippen molar-refractivity contribution in [3.05, 3.63) is 65.0 Å². The normalized spacial score (nSPS) is 21.0. The van der Waals surface area contributed by atoms with Crippen LogP contribution in [0.25, 0.3) is 4.85 Å². The number of nitrogens with one attached hydrogen (secondary N) is 1. The fourth-order valence-electron chi connectivity index (χ4n) is 3.29. The highest BCUT2D eigenvalue weighted by Gasteiger charge is 2.42. The molecule has 0 unspecified atom stereocenters. The number of ether oxygens (including phenoxy) is 1. The third kappa shape index (κ3) is 3.71. The summed E-state index contributed by atoms with van der Waals surface area (Å²) in [5.74, 6) is 0.482. The molecule has 2 aromatic rings. The lowest BCUT2D eigenvalue weighted by atomic mass is 9.80. The molecule has 1 heterocycles. The van der Waals surface area contributed by atoms with E-state index in [4.69, 9.17) is 11.3 Å². The van der Waals surface area contributed by atoms with E-state index in [1.807, 2.05) is 39.8 Å². The number of hydrogen-bond acceptors (Lipinski definition) is 3. The first-order valence-electron chi connectivity index (χ1n) is 8.99. The summed E-state index contributed by atoms with van der Waals surface area (Å²) in [6.07, 6.45) is 0.853. The molecule has 0 fully saturated rings. The molecule has 0 saturated heterocycles. The Labute approximate surface area is 161 Å². The molecule has 0 spiro atoms. The minimum atomic E-state index is -3.71. The summed E-state index contributed by atoms with van der Waals surface area (Å²) in [6, 6.07) is 11.6. The minimum absolute atomic E-state index is 0.129. The number of aryl methyl sites for hydroxylation is 1. The summed E-state index contributed by atoms with van der Waals surface area (Å²) in [5.41, 5.74) is 1.69. The number of benzene rings is 2. The van der Waals surface area contributed by atoms with Crippen LogP contribution in [0.4, 0.5) is 5.69 Å².